The van der Waals surface area contributed by atoms with Crippen molar-refractivity contribution in [1.29, 1.82) is 0 Å². The van der Waals surface area contributed by atoms with E-state index in [0.717, 1.165) is 6.42 Å². The molecule has 0 heterocycles. The molecule has 0 spiro atoms. The smallest absolute Gasteiger partial charge is 0.0306 e. The predicted octanol–water partition coefficient (Wildman–Crippen LogP) is 3.23. The number of fused-ring (bicyclic) bond motifs is 1. The minimum Gasteiger partial charge on any atom is -0.324 e. The molecule has 0 saturated heterocycles. The fourth-order valence-corrected chi connectivity index (χ4v) is 2.55. The Labute approximate surface area is 92.1 Å². The van der Waals surface area contributed by atoms with Crippen LogP contribution in [-0.4, -0.2) is 0 Å². The van der Waals surface area contributed by atoms with Gasteiger partial charge in [-0.25, -0.2) is 0 Å². The van der Waals surface area contributed by atoms with Crippen LogP contribution in [0.15, 0.2) is 12.1 Å². The van der Waals surface area contributed by atoms with E-state index in [2.05, 4.69) is 32.9 Å². The summed E-state index contributed by atoms with van der Waals surface area (Å²) in [7, 11) is 0. The molecule has 1 nitrogen and oxygen atoms in total. The first-order valence-electron chi connectivity index (χ1n) is 4.96. The van der Waals surface area contributed by atoms with Crippen molar-refractivity contribution in [3.63, 3.8) is 0 Å². The van der Waals surface area contributed by atoms with Gasteiger partial charge in [0.1, 0.15) is 0 Å². The van der Waals surface area contributed by atoms with E-state index in [1.807, 2.05) is 0 Å². The third-order valence-corrected chi connectivity index (χ3v) is 3.07. The van der Waals surface area contributed by atoms with E-state index >= 15 is 0 Å². The van der Waals surface area contributed by atoms with Gasteiger partial charge in [0.25, 0.3) is 0 Å². The number of halogens is 1. The Hall–Kier alpha value is -0.530. The quantitative estimate of drug-likeness (QED) is 0.701. The number of nitrogens with two attached hydrogens (primary N) is 1. The van der Waals surface area contributed by atoms with Crippen LogP contribution < -0.4 is 5.73 Å². The fourth-order valence-electron chi connectivity index (χ4n) is 2.55. The van der Waals surface area contributed by atoms with Gasteiger partial charge in [0.05, 0.1) is 0 Å². The van der Waals surface area contributed by atoms with Crippen molar-refractivity contribution in [2.24, 2.45) is 5.73 Å². The molecule has 0 bridgehead atoms. The minimum atomic E-state index is 0. The molecule has 2 atom stereocenters. The number of benzene rings is 1. The van der Waals surface area contributed by atoms with Gasteiger partial charge >= 0.3 is 0 Å². The molecule has 2 unspecified atom stereocenters. The summed E-state index contributed by atoms with van der Waals surface area (Å²) >= 11 is 0. The molecule has 1 aromatic rings. The van der Waals surface area contributed by atoms with Crippen molar-refractivity contribution in [1.82, 2.24) is 0 Å². The molecule has 0 aromatic heterocycles. The van der Waals surface area contributed by atoms with Crippen molar-refractivity contribution >= 4 is 12.4 Å². The SMILES string of the molecule is Cc1cc(C)c2c(c1)C(C)CC2N.Cl. The lowest BCUT2D eigenvalue weighted by Crippen LogP contribution is -2.07. The summed E-state index contributed by atoms with van der Waals surface area (Å²) in [5, 5.41) is 0. The minimum absolute atomic E-state index is 0. The zero-order valence-electron chi connectivity index (χ0n) is 9.00. The maximum atomic E-state index is 6.09. The van der Waals surface area contributed by atoms with Gasteiger partial charge in [-0.2, -0.15) is 0 Å². The molecule has 1 aliphatic rings. The summed E-state index contributed by atoms with van der Waals surface area (Å²) in [4.78, 5) is 0. The van der Waals surface area contributed by atoms with E-state index in [1.54, 1.807) is 0 Å². The molecule has 2 rings (SSSR count). The van der Waals surface area contributed by atoms with Gasteiger partial charge < -0.3 is 5.73 Å². The molecule has 0 aliphatic heterocycles. The van der Waals surface area contributed by atoms with Crippen LogP contribution in [0.1, 0.15) is 47.6 Å². The summed E-state index contributed by atoms with van der Waals surface area (Å²) in [5.41, 5.74) is 11.7. The highest BCUT2D eigenvalue weighted by Gasteiger charge is 2.26. The molecular formula is C12H18ClN. The normalized spacial score (nSPS) is 24.3. The van der Waals surface area contributed by atoms with Gasteiger partial charge in [-0.3, -0.25) is 0 Å². The summed E-state index contributed by atoms with van der Waals surface area (Å²) in [6.07, 6.45) is 1.11. The molecule has 1 aliphatic carbocycles. The Balaban J connectivity index is 0.000000980. The number of hydrogen-bond acceptors (Lipinski definition) is 1. The monoisotopic (exact) mass is 211 g/mol. The average molecular weight is 212 g/mol. The topological polar surface area (TPSA) is 26.0 Å². The fraction of sp³-hybridized carbons (Fsp3) is 0.500. The van der Waals surface area contributed by atoms with Gasteiger partial charge in [0.2, 0.25) is 0 Å². The predicted molar refractivity (Wildman–Crippen MR) is 63.1 cm³/mol. The molecule has 0 saturated carbocycles. The zero-order valence-corrected chi connectivity index (χ0v) is 9.82. The molecule has 1 aromatic carbocycles. The molecule has 0 amide bonds. The van der Waals surface area contributed by atoms with Crippen molar-refractivity contribution in [3.8, 4) is 0 Å². The maximum Gasteiger partial charge on any atom is 0.0306 e. The van der Waals surface area contributed by atoms with E-state index in [0.29, 0.717) is 5.92 Å². The van der Waals surface area contributed by atoms with Crippen molar-refractivity contribution in [2.75, 3.05) is 0 Å². The van der Waals surface area contributed by atoms with Gasteiger partial charge in [-0.05, 0) is 42.9 Å². The number of aryl methyl sites for hydroxylation is 2. The highest BCUT2D eigenvalue weighted by atomic mass is 35.5. The Bertz CT molecular complexity index is 346. The highest BCUT2D eigenvalue weighted by Crippen LogP contribution is 2.40. The second-order valence-electron chi connectivity index (χ2n) is 4.33. The first-order chi connectivity index (χ1) is 6.09. The van der Waals surface area contributed by atoms with E-state index < -0.39 is 0 Å². The summed E-state index contributed by atoms with van der Waals surface area (Å²) in [6.45, 7) is 6.60. The van der Waals surface area contributed by atoms with Gasteiger partial charge in [0, 0.05) is 6.04 Å². The Morgan fingerprint density at radius 2 is 1.93 bits per heavy atom. The summed E-state index contributed by atoms with van der Waals surface area (Å²) in [5.74, 6) is 0.642. The Kier molecular flexibility index (Phi) is 3.23. The highest BCUT2D eigenvalue weighted by molar-refractivity contribution is 5.85. The standard InChI is InChI=1S/C12H17N.ClH/c1-7-4-9(3)12-10(5-7)8(2)6-11(12)13;/h4-5,8,11H,6,13H2,1-3H3;1H. The summed E-state index contributed by atoms with van der Waals surface area (Å²) in [6, 6.07) is 4.79. The first-order valence-corrected chi connectivity index (χ1v) is 4.96. The van der Waals surface area contributed by atoms with Crippen molar-refractivity contribution < 1.29 is 0 Å². The lowest BCUT2D eigenvalue weighted by Gasteiger charge is -2.10. The third-order valence-electron chi connectivity index (χ3n) is 3.07. The number of rotatable bonds is 0. The lowest BCUT2D eigenvalue weighted by molar-refractivity contribution is 0.639. The summed E-state index contributed by atoms with van der Waals surface area (Å²) < 4.78 is 0. The van der Waals surface area contributed by atoms with Crippen LogP contribution in [0, 0.1) is 13.8 Å². The van der Waals surface area contributed by atoms with E-state index in [4.69, 9.17) is 5.73 Å². The molecule has 14 heavy (non-hydrogen) atoms. The van der Waals surface area contributed by atoms with Crippen LogP contribution in [0.3, 0.4) is 0 Å². The zero-order chi connectivity index (χ0) is 9.59. The van der Waals surface area contributed by atoms with Crippen LogP contribution in [0.5, 0.6) is 0 Å². The Morgan fingerprint density at radius 3 is 2.57 bits per heavy atom. The van der Waals surface area contributed by atoms with Gasteiger partial charge in [-0.1, -0.05) is 24.6 Å². The second kappa shape index (κ2) is 3.92. The van der Waals surface area contributed by atoms with Crippen LogP contribution >= 0.6 is 12.4 Å². The van der Waals surface area contributed by atoms with Crippen LogP contribution in [-0.2, 0) is 0 Å². The molecule has 78 valence electrons. The lowest BCUT2D eigenvalue weighted by atomic mass is 9.97. The second-order valence-corrected chi connectivity index (χ2v) is 4.33. The number of hydrogen-bond donors (Lipinski definition) is 1. The van der Waals surface area contributed by atoms with E-state index in [9.17, 15) is 0 Å². The van der Waals surface area contributed by atoms with Crippen LogP contribution in [0.2, 0.25) is 0 Å². The molecule has 2 N–H and O–H groups in total. The van der Waals surface area contributed by atoms with Crippen molar-refractivity contribution in [3.05, 3.63) is 34.4 Å². The molecule has 0 fully saturated rings. The van der Waals surface area contributed by atoms with Gasteiger partial charge in [0.15, 0.2) is 0 Å². The Morgan fingerprint density at radius 1 is 1.29 bits per heavy atom. The van der Waals surface area contributed by atoms with Crippen LogP contribution in [0.25, 0.3) is 0 Å². The van der Waals surface area contributed by atoms with Gasteiger partial charge in [-0.15, -0.1) is 12.4 Å². The average Bonchev–Trinajstić information content (AvgIpc) is 2.27. The van der Waals surface area contributed by atoms with E-state index in [-0.39, 0.29) is 18.4 Å². The first kappa shape index (κ1) is 11.5. The van der Waals surface area contributed by atoms with Crippen LogP contribution in [0.4, 0.5) is 0 Å². The van der Waals surface area contributed by atoms with Crippen molar-refractivity contribution in [2.45, 2.75) is 39.2 Å². The molecular weight excluding hydrogens is 194 g/mol. The maximum absolute atomic E-state index is 6.09. The largest absolute Gasteiger partial charge is 0.324 e. The molecule has 2 heteroatoms. The third kappa shape index (κ3) is 1.67. The van der Waals surface area contributed by atoms with E-state index in [1.165, 1.54) is 22.3 Å². The molecule has 0 radical (unpaired) electrons.